The molecule has 2 unspecified atom stereocenters. The van der Waals surface area contributed by atoms with Crippen LogP contribution in [-0.4, -0.2) is 86.3 Å². The third-order valence-corrected chi connectivity index (χ3v) is 10.9. The van der Waals surface area contributed by atoms with Gasteiger partial charge in [0.15, 0.2) is 5.82 Å². The van der Waals surface area contributed by atoms with Crippen molar-refractivity contribution in [3.63, 3.8) is 0 Å². The second-order valence-electron chi connectivity index (χ2n) is 13.7. The number of aromatic nitrogens is 3. The second-order valence-corrected chi connectivity index (χ2v) is 13.7. The molecule has 0 amide bonds. The Balaban J connectivity index is 1.29. The standard InChI is InChI=1S/C36H38F2N6O2/c1-4-26-29(37)10-7-22-15-25(45)16-27(30(22)26)32-31(38)33-28(17-39-32)34(44-23-8-9-24(44)19-42(18-23)21(2)3)41-35(40-33)46-20-36-11-5-13-43(36)14-6-12-36/h1,7,10,15-17,21,23-24,45H,5-6,8-9,11-14,18-20H2,2-3H3. The molecule has 46 heavy (non-hydrogen) atoms. The molecule has 0 radical (unpaired) electrons. The summed E-state index contributed by atoms with van der Waals surface area (Å²) in [6, 6.07) is 6.65. The van der Waals surface area contributed by atoms with Crippen LogP contribution in [0.3, 0.4) is 0 Å². The summed E-state index contributed by atoms with van der Waals surface area (Å²) in [6.45, 7) is 8.83. The number of aromatic hydroxyl groups is 1. The lowest BCUT2D eigenvalue weighted by Gasteiger charge is -2.43. The fourth-order valence-corrected chi connectivity index (χ4v) is 8.59. The molecule has 4 aliphatic rings. The fraction of sp³-hybridized carbons (Fsp3) is 0.472. The fourth-order valence-electron chi connectivity index (χ4n) is 8.59. The first-order valence-electron chi connectivity index (χ1n) is 16.4. The van der Waals surface area contributed by atoms with Gasteiger partial charge in [0, 0.05) is 48.4 Å². The third kappa shape index (κ3) is 4.58. The first-order chi connectivity index (χ1) is 22.3. The van der Waals surface area contributed by atoms with Crippen LogP contribution in [0.5, 0.6) is 11.8 Å². The van der Waals surface area contributed by atoms with Gasteiger partial charge in [0.05, 0.1) is 16.5 Å². The van der Waals surface area contributed by atoms with Crippen molar-refractivity contribution in [2.45, 2.75) is 76.0 Å². The summed E-state index contributed by atoms with van der Waals surface area (Å²) >= 11 is 0. The van der Waals surface area contributed by atoms with E-state index in [1.54, 1.807) is 6.20 Å². The van der Waals surface area contributed by atoms with Gasteiger partial charge in [-0.05, 0) is 89.0 Å². The Labute approximate surface area is 267 Å². The van der Waals surface area contributed by atoms with E-state index >= 15 is 4.39 Å². The number of halogens is 2. The minimum Gasteiger partial charge on any atom is -0.508 e. The van der Waals surface area contributed by atoms with E-state index in [1.807, 2.05) is 0 Å². The van der Waals surface area contributed by atoms with Crippen molar-refractivity contribution in [1.82, 2.24) is 24.8 Å². The number of piperazine rings is 1. The van der Waals surface area contributed by atoms with Gasteiger partial charge in [0.1, 0.15) is 35.2 Å². The lowest BCUT2D eigenvalue weighted by molar-refractivity contribution is 0.107. The van der Waals surface area contributed by atoms with E-state index in [1.165, 1.54) is 24.3 Å². The molecule has 8 rings (SSSR count). The average molecular weight is 625 g/mol. The Kier molecular flexibility index (Phi) is 7.03. The Morgan fingerprint density at radius 3 is 2.52 bits per heavy atom. The second kappa shape index (κ2) is 11.0. The molecule has 2 aromatic heterocycles. The van der Waals surface area contributed by atoms with Crippen molar-refractivity contribution in [2.24, 2.45) is 0 Å². The van der Waals surface area contributed by atoms with E-state index in [0.717, 1.165) is 64.7 Å². The molecule has 4 aliphatic heterocycles. The lowest BCUT2D eigenvalue weighted by Crippen LogP contribution is -2.56. The summed E-state index contributed by atoms with van der Waals surface area (Å²) in [7, 11) is 0. The summed E-state index contributed by atoms with van der Waals surface area (Å²) in [6.07, 6.45) is 13.8. The zero-order chi connectivity index (χ0) is 31.7. The van der Waals surface area contributed by atoms with Gasteiger partial charge in [-0.3, -0.25) is 14.8 Å². The van der Waals surface area contributed by atoms with Crippen molar-refractivity contribution in [1.29, 1.82) is 0 Å². The Morgan fingerprint density at radius 2 is 1.83 bits per heavy atom. The molecule has 6 heterocycles. The van der Waals surface area contributed by atoms with Gasteiger partial charge in [0.2, 0.25) is 0 Å². The van der Waals surface area contributed by atoms with Crippen molar-refractivity contribution in [3.05, 3.63) is 47.7 Å². The maximum atomic E-state index is 16.9. The molecule has 8 nitrogen and oxygen atoms in total. The van der Waals surface area contributed by atoms with Gasteiger partial charge in [-0.1, -0.05) is 12.0 Å². The number of benzene rings is 2. The Hall–Kier alpha value is -4.07. The van der Waals surface area contributed by atoms with Crippen LogP contribution in [0.1, 0.15) is 57.9 Å². The first kappa shape index (κ1) is 29.3. The van der Waals surface area contributed by atoms with Crippen LogP contribution in [0.15, 0.2) is 30.5 Å². The number of hydrogen-bond acceptors (Lipinski definition) is 8. The molecule has 4 saturated heterocycles. The van der Waals surface area contributed by atoms with Gasteiger partial charge >= 0.3 is 6.01 Å². The number of phenols is 1. The largest absolute Gasteiger partial charge is 0.508 e. The van der Waals surface area contributed by atoms with E-state index in [-0.39, 0.29) is 51.7 Å². The first-order valence-corrected chi connectivity index (χ1v) is 16.4. The quantitative estimate of drug-likeness (QED) is 0.267. The number of likely N-dealkylation sites (tertiary alicyclic amines) is 1. The average Bonchev–Trinajstić information content (AvgIpc) is 3.70. The van der Waals surface area contributed by atoms with Crippen LogP contribution < -0.4 is 9.64 Å². The predicted octanol–water partition coefficient (Wildman–Crippen LogP) is 5.88. The Bertz CT molecular complexity index is 1880. The summed E-state index contributed by atoms with van der Waals surface area (Å²) < 4.78 is 38.2. The molecule has 0 spiro atoms. The number of phenolic OH excluding ortho intramolecular Hbond substituents is 1. The molecule has 238 valence electrons. The lowest BCUT2D eigenvalue weighted by atomic mass is 9.95. The smallest absolute Gasteiger partial charge is 0.319 e. The molecular formula is C36H38F2N6O2. The van der Waals surface area contributed by atoms with Crippen molar-refractivity contribution < 1.29 is 18.6 Å². The van der Waals surface area contributed by atoms with Crippen LogP contribution in [0.2, 0.25) is 0 Å². The molecule has 1 N–H and O–H groups in total. The monoisotopic (exact) mass is 624 g/mol. The van der Waals surface area contributed by atoms with Gasteiger partial charge in [-0.15, -0.1) is 6.42 Å². The van der Waals surface area contributed by atoms with Gasteiger partial charge in [0.25, 0.3) is 0 Å². The summed E-state index contributed by atoms with van der Waals surface area (Å²) in [5.41, 5.74) is 0.158. The minimum absolute atomic E-state index is 0.0160. The van der Waals surface area contributed by atoms with Gasteiger partial charge in [-0.25, -0.2) is 8.78 Å². The summed E-state index contributed by atoms with van der Waals surface area (Å²) in [5.74, 6) is 1.64. The molecule has 2 atom stereocenters. The maximum Gasteiger partial charge on any atom is 0.319 e. The van der Waals surface area contributed by atoms with E-state index in [9.17, 15) is 9.50 Å². The normalized spacial score (nSPS) is 22.7. The summed E-state index contributed by atoms with van der Waals surface area (Å²) in [4.78, 5) is 21.6. The highest BCUT2D eigenvalue weighted by atomic mass is 19.1. The third-order valence-electron chi connectivity index (χ3n) is 10.9. The molecule has 2 aromatic carbocycles. The highest BCUT2D eigenvalue weighted by molar-refractivity contribution is 6.03. The van der Waals surface area contributed by atoms with Crippen LogP contribution in [0.4, 0.5) is 14.6 Å². The van der Waals surface area contributed by atoms with Crippen molar-refractivity contribution in [3.8, 4) is 35.4 Å². The van der Waals surface area contributed by atoms with E-state index < -0.39 is 11.6 Å². The van der Waals surface area contributed by atoms with E-state index in [0.29, 0.717) is 34.6 Å². The Morgan fingerprint density at radius 1 is 1.09 bits per heavy atom. The molecule has 0 saturated carbocycles. The van der Waals surface area contributed by atoms with Crippen molar-refractivity contribution in [2.75, 3.05) is 37.7 Å². The van der Waals surface area contributed by atoms with Crippen LogP contribution >= 0.6 is 0 Å². The summed E-state index contributed by atoms with van der Waals surface area (Å²) in [5, 5.41) is 11.9. The highest BCUT2D eigenvalue weighted by Crippen LogP contribution is 2.43. The molecule has 2 bridgehead atoms. The number of anilines is 1. The predicted molar refractivity (Wildman–Crippen MR) is 174 cm³/mol. The topological polar surface area (TPSA) is 77.9 Å². The molecule has 10 heteroatoms. The van der Waals surface area contributed by atoms with E-state index in [4.69, 9.17) is 16.1 Å². The number of pyridine rings is 1. The zero-order valence-corrected chi connectivity index (χ0v) is 26.3. The molecule has 4 fully saturated rings. The van der Waals surface area contributed by atoms with Crippen LogP contribution in [0, 0.1) is 24.0 Å². The number of nitrogens with zero attached hydrogens (tertiary/aromatic N) is 6. The minimum atomic E-state index is -0.695. The van der Waals surface area contributed by atoms with Crippen LogP contribution in [0.25, 0.3) is 32.9 Å². The number of terminal acetylenes is 1. The van der Waals surface area contributed by atoms with Gasteiger partial charge < -0.3 is 14.7 Å². The number of ether oxygens (including phenoxy) is 1. The zero-order valence-electron chi connectivity index (χ0n) is 26.3. The highest BCUT2D eigenvalue weighted by Gasteiger charge is 2.46. The number of fused-ring (bicyclic) bond motifs is 5. The number of hydrogen-bond donors (Lipinski definition) is 1. The number of rotatable bonds is 6. The molecule has 4 aromatic rings. The molecular weight excluding hydrogens is 586 g/mol. The van der Waals surface area contributed by atoms with Crippen LogP contribution in [-0.2, 0) is 0 Å². The van der Waals surface area contributed by atoms with Crippen molar-refractivity contribution >= 4 is 27.5 Å². The maximum absolute atomic E-state index is 16.9. The SMILES string of the molecule is C#Cc1c(F)ccc2cc(O)cc(-c3ncc4c(N5C6CCC5CN(C(C)C)C6)nc(OCC56CCCN5CCC6)nc4c3F)c12. The van der Waals surface area contributed by atoms with Gasteiger partial charge in [-0.2, -0.15) is 9.97 Å². The molecule has 0 aliphatic carbocycles. The van der Waals surface area contributed by atoms with E-state index in [2.05, 4.69) is 44.4 Å².